The molecule has 9 heteroatoms. The van der Waals surface area contributed by atoms with Gasteiger partial charge in [-0.3, -0.25) is 14.6 Å². The van der Waals surface area contributed by atoms with Crippen LogP contribution in [0, 0.1) is 0 Å². The molecule has 0 fully saturated rings. The van der Waals surface area contributed by atoms with Crippen LogP contribution in [0.15, 0.2) is 40.5 Å². The van der Waals surface area contributed by atoms with Gasteiger partial charge >= 0.3 is 0 Å². The summed E-state index contributed by atoms with van der Waals surface area (Å²) in [5.74, 6) is 0.441. The van der Waals surface area contributed by atoms with E-state index >= 15 is 0 Å². The molecule has 8 nitrogen and oxygen atoms in total. The molecule has 1 aromatic carbocycles. The zero-order valence-corrected chi connectivity index (χ0v) is 12.9. The lowest BCUT2D eigenvalue weighted by Gasteiger charge is -2.09. The lowest BCUT2D eigenvalue weighted by Crippen LogP contribution is -2.16. The summed E-state index contributed by atoms with van der Waals surface area (Å²) in [5.41, 5.74) is 0.902. The average Bonchev–Trinajstić information content (AvgIpc) is 3.02. The number of hydrogen-bond acceptors (Lipinski definition) is 6. The molecule has 0 aliphatic rings. The van der Waals surface area contributed by atoms with Crippen LogP contribution in [0.2, 0.25) is 0 Å². The van der Waals surface area contributed by atoms with Crippen LogP contribution in [-0.4, -0.2) is 38.7 Å². The van der Waals surface area contributed by atoms with Crippen molar-refractivity contribution in [3.63, 3.8) is 0 Å². The number of ether oxygens (including phenoxy) is 1. The second-order valence-corrected chi connectivity index (χ2v) is 5.47. The van der Waals surface area contributed by atoms with E-state index in [2.05, 4.69) is 25.3 Å². The molecule has 0 spiro atoms. The van der Waals surface area contributed by atoms with Gasteiger partial charge in [0.1, 0.15) is 5.75 Å². The molecule has 3 N–H and O–H groups in total. The van der Waals surface area contributed by atoms with Crippen LogP contribution in [-0.2, 0) is 4.79 Å². The highest BCUT2D eigenvalue weighted by Gasteiger charge is 2.10. The molecule has 0 aliphatic carbocycles. The van der Waals surface area contributed by atoms with Crippen molar-refractivity contribution in [1.82, 2.24) is 19.9 Å². The minimum Gasteiger partial charge on any atom is -0.495 e. The predicted octanol–water partition coefficient (Wildman–Crippen LogP) is 1.39. The number of aromatic amines is 2. The Balaban J connectivity index is 1.67. The van der Waals surface area contributed by atoms with E-state index in [1.807, 2.05) is 6.07 Å². The third-order valence-corrected chi connectivity index (χ3v) is 3.87. The Labute approximate surface area is 134 Å². The maximum Gasteiger partial charge on any atom is 0.277 e. The largest absolute Gasteiger partial charge is 0.495 e. The average molecular weight is 331 g/mol. The molecule has 23 heavy (non-hydrogen) atoms. The Bertz CT molecular complexity index is 905. The van der Waals surface area contributed by atoms with Gasteiger partial charge in [0.15, 0.2) is 16.3 Å². The van der Waals surface area contributed by atoms with Crippen molar-refractivity contribution >= 4 is 34.5 Å². The van der Waals surface area contributed by atoms with E-state index in [0.717, 1.165) is 11.8 Å². The lowest BCUT2D eigenvalue weighted by atomic mass is 10.3. The number of nitrogens with one attached hydrogen (secondary N) is 3. The van der Waals surface area contributed by atoms with Crippen LogP contribution in [0.1, 0.15) is 0 Å². The number of carbonyl (C=O) groups excluding carboxylic acids is 1. The van der Waals surface area contributed by atoms with E-state index < -0.39 is 0 Å². The van der Waals surface area contributed by atoms with Crippen molar-refractivity contribution in [2.45, 2.75) is 5.16 Å². The molecule has 3 rings (SSSR count). The monoisotopic (exact) mass is 331 g/mol. The number of H-pyrrole nitrogens is 2. The Morgan fingerprint density at radius 2 is 2.22 bits per heavy atom. The smallest absolute Gasteiger partial charge is 0.277 e. The minimum atomic E-state index is -0.319. The van der Waals surface area contributed by atoms with Gasteiger partial charge in [0.2, 0.25) is 5.91 Å². The number of fused-ring (bicyclic) bond motifs is 1. The summed E-state index contributed by atoms with van der Waals surface area (Å²) in [6.07, 6.45) is 1.40. The number of para-hydroxylation sites is 2. The fraction of sp³-hybridized carbons (Fsp3) is 0.143. The Morgan fingerprint density at radius 3 is 3.04 bits per heavy atom. The molecule has 0 atom stereocenters. The van der Waals surface area contributed by atoms with E-state index in [9.17, 15) is 9.59 Å². The molecule has 2 aromatic heterocycles. The summed E-state index contributed by atoms with van der Waals surface area (Å²) in [4.78, 5) is 37.2. The van der Waals surface area contributed by atoms with Crippen molar-refractivity contribution in [1.29, 1.82) is 0 Å². The quantitative estimate of drug-likeness (QED) is 0.481. The summed E-state index contributed by atoms with van der Waals surface area (Å²) >= 11 is 1.12. The number of rotatable bonds is 5. The zero-order valence-electron chi connectivity index (χ0n) is 12.1. The SMILES string of the molecule is COc1ccccc1NC(=O)CSc1nc2nc[nH]c2c(=O)[nH]1. The molecule has 0 saturated carbocycles. The fourth-order valence-corrected chi connectivity index (χ4v) is 2.62. The summed E-state index contributed by atoms with van der Waals surface area (Å²) in [7, 11) is 1.54. The van der Waals surface area contributed by atoms with Crippen LogP contribution in [0.4, 0.5) is 5.69 Å². The van der Waals surface area contributed by atoms with E-state index in [1.54, 1.807) is 18.2 Å². The van der Waals surface area contributed by atoms with E-state index in [1.165, 1.54) is 13.4 Å². The minimum absolute atomic E-state index is 0.0942. The van der Waals surface area contributed by atoms with E-state index in [-0.39, 0.29) is 17.2 Å². The number of hydrogen-bond donors (Lipinski definition) is 3. The van der Waals surface area contributed by atoms with Gasteiger partial charge in [-0.2, -0.15) is 0 Å². The summed E-state index contributed by atoms with van der Waals surface area (Å²) in [6.45, 7) is 0. The molecule has 0 unspecified atom stereocenters. The molecule has 3 aromatic rings. The molecule has 118 valence electrons. The van der Waals surface area contributed by atoms with Gasteiger partial charge in [-0.15, -0.1) is 0 Å². The standard InChI is InChI=1S/C14H13N5O3S/c1-22-9-5-3-2-4-8(9)17-10(20)6-23-14-18-12-11(13(21)19-14)15-7-16-12/h2-5,7H,6H2,1H3,(H,17,20)(H2,15,16,18,19,21). The first-order valence-corrected chi connectivity index (χ1v) is 7.65. The highest BCUT2D eigenvalue weighted by Crippen LogP contribution is 2.23. The maximum atomic E-state index is 12.0. The van der Waals surface area contributed by atoms with Crippen LogP contribution in [0.25, 0.3) is 11.2 Å². The molecule has 0 radical (unpaired) electrons. The third-order valence-electron chi connectivity index (χ3n) is 3.00. The Kier molecular flexibility index (Phi) is 4.29. The lowest BCUT2D eigenvalue weighted by molar-refractivity contribution is -0.113. The van der Waals surface area contributed by atoms with Crippen molar-refractivity contribution in [3.05, 3.63) is 40.9 Å². The number of carbonyl (C=O) groups is 1. The Morgan fingerprint density at radius 1 is 1.39 bits per heavy atom. The first-order valence-electron chi connectivity index (χ1n) is 6.66. The molecule has 1 amide bonds. The topological polar surface area (TPSA) is 113 Å². The molecule has 0 aliphatic heterocycles. The molecule has 0 saturated heterocycles. The van der Waals surface area contributed by atoms with E-state index in [4.69, 9.17) is 4.74 Å². The number of thioether (sulfide) groups is 1. The second kappa shape index (κ2) is 6.53. The number of imidazole rings is 1. The molecular formula is C14H13N5O3S. The van der Waals surface area contributed by atoms with Crippen LogP contribution >= 0.6 is 11.8 Å². The number of aromatic nitrogens is 4. The molecular weight excluding hydrogens is 318 g/mol. The first-order chi connectivity index (χ1) is 11.2. The van der Waals surface area contributed by atoms with E-state index in [0.29, 0.717) is 27.8 Å². The first kappa shape index (κ1) is 15.1. The number of nitrogens with zero attached hydrogens (tertiary/aromatic N) is 2. The predicted molar refractivity (Wildman–Crippen MR) is 86.9 cm³/mol. The maximum absolute atomic E-state index is 12.0. The van der Waals surface area contributed by atoms with Gasteiger partial charge in [-0.1, -0.05) is 23.9 Å². The number of amides is 1. The molecule has 0 bridgehead atoms. The van der Waals surface area contributed by atoms with Crippen LogP contribution in [0.3, 0.4) is 0 Å². The highest BCUT2D eigenvalue weighted by atomic mass is 32.2. The van der Waals surface area contributed by atoms with Gasteiger partial charge in [-0.25, -0.2) is 9.97 Å². The van der Waals surface area contributed by atoms with Gasteiger partial charge < -0.3 is 15.0 Å². The molecule has 2 heterocycles. The Hall–Kier alpha value is -2.81. The van der Waals surface area contributed by atoms with Crippen LogP contribution in [0.5, 0.6) is 5.75 Å². The van der Waals surface area contributed by atoms with Gasteiger partial charge in [0.05, 0.1) is 24.9 Å². The van der Waals surface area contributed by atoms with Crippen molar-refractivity contribution in [2.24, 2.45) is 0 Å². The van der Waals surface area contributed by atoms with Gasteiger partial charge in [-0.05, 0) is 12.1 Å². The van der Waals surface area contributed by atoms with Crippen molar-refractivity contribution in [2.75, 3.05) is 18.2 Å². The van der Waals surface area contributed by atoms with Crippen molar-refractivity contribution < 1.29 is 9.53 Å². The van der Waals surface area contributed by atoms with Gasteiger partial charge in [0.25, 0.3) is 5.56 Å². The zero-order chi connectivity index (χ0) is 16.2. The number of methoxy groups -OCH3 is 1. The highest BCUT2D eigenvalue weighted by molar-refractivity contribution is 7.99. The number of anilines is 1. The van der Waals surface area contributed by atoms with Crippen molar-refractivity contribution in [3.8, 4) is 5.75 Å². The van der Waals surface area contributed by atoms with Crippen LogP contribution < -0.4 is 15.6 Å². The number of benzene rings is 1. The summed E-state index contributed by atoms with van der Waals surface area (Å²) in [5, 5.41) is 3.09. The summed E-state index contributed by atoms with van der Waals surface area (Å²) in [6, 6.07) is 7.12. The summed E-state index contributed by atoms with van der Waals surface area (Å²) < 4.78 is 5.17. The third kappa shape index (κ3) is 3.34. The normalized spacial score (nSPS) is 10.7. The van der Waals surface area contributed by atoms with Gasteiger partial charge in [0, 0.05) is 0 Å². The second-order valence-electron chi connectivity index (χ2n) is 4.51. The fourth-order valence-electron chi connectivity index (χ4n) is 1.96.